The lowest BCUT2D eigenvalue weighted by Crippen LogP contribution is -2.43. The third kappa shape index (κ3) is 4.74. The summed E-state index contributed by atoms with van der Waals surface area (Å²) in [6.07, 6.45) is -4.44. The number of methoxy groups -OCH3 is 1. The molecule has 0 saturated carbocycles. The number of rotatable bonds is 5. The van der Waals surface area contributed by atoms with E-state index >= 15 is 0 Å². The van der Waals surface area contributed by atoms with E-state index < -0.39 is 29.7 Å². The van der Waals surface area contributed by atoms with Gasteiger partial charge < -0.3 is 10.1 Å². The van der Waals surface area contributed by atoms with E-state index in [0.29, 0.717) is 11.1 Å². The smallest absolute Gasteiger partial charge is 0.416 e. The van der Waals surface area contributed by atoms with Gasteiger partial charge in [0.25, 0.3) is 5.91 Å². The molecule has 0 fully saturated rings. The highest BCUT2D eigenvalue weighted by atomic mass is 19.4. The van der Waals surface area contributed by atoms with Crippen LogP contribution in [0.3, 0.4) is 0 Å². The molecule has 0 bridgehead atoms. The van der Waals surface area contributed by atoms with Crippen LogP contribution in [-0.4, -0.2) is 25.0 Å². The first-order valence-corrected chi connectivity index (χ1v) is 8.82. The maximum atomic E-state index is 12.8. The zero-order chi connectivity index (χ0) is 21.0. The number of hydrogen-bond acceptors (Lipinski definition) is 3. The fourth-order valence-corrected chi connectivity index (χ4v) is 3.06. The van der Waals surface area contributed by atoms with Crippen LogP contribution < -0.4 is 5.32 Å². The van der Waals surface area contributed by atoms with Gasteiger partial charge in [-0.1, -0.05) is 48.5 Å². The van der Waals surface area contributed by atoms with Gasteiger partial charge in [-0.05, 0) is 34.5 Å². The molecule has 0 radical (unpaired) electrons. The zero-order valence-electron chi connectivity index (χ0n) is 15.5. The number of amides is 1. The van der Waals surface area contributed by atoms with E-state index in [2.05, 4.69) is 5.32 Å². The van der Waals surface area contributed by atoms with E-state index in [-0.39, 0.29) is 6.42 Å². The first-order valence-electron chi connectivity index (χ1n) is 8.82. The van der Waals surface area contributed by atoms with Crippen molar-refractivity contribution in [2.45, 2.75) is 18.6 Å². The zero-order valence-corrected chi connectivity index (χ0v) is 15.5. The van der Waals surface area contributed by atoms with Crippen LogP contribution >= 0.6 is 0 Å². The monoisotopic (exact) mass is 401 g/mol. The molecule has 4 nitrogen and oxygen atoms in total. The lowest BCUT2D eigenvalue weighted by molar-refractivity contribution is -0.143. The summed E-state index contributed by atoms with van der Waals surface area (Å²) in [7, 11) is 1.19. The molecule has 3 aromatic carbocycles. The minimum atomic E-state index is -4.44. The normalized spacial score (nSPS) is 12.4. The number of carbonyl (C=O) groups excluding carboxylic acids is 2. The van der Waals surface area contributed by atoms with E-state index in [1.165, 1.54) is 19.2 Å². The number of carbonyl (C=O) groups is 2. The molecule has 0 aliphatic carbocycles. The highest BCUT2D eigenvalue weighted by molar-refractivity contribution is 6.08. The highest BCUT2D eigenvalue weighted by Crippen LogP contribution is 2.29. The van der Waals surface area contributed by atoms with Crippen molar-refractivity contribution in [1.29, 1.82) is 0 Å². The van der Waals surface area contributed by atoms with E-state index in [9.17, 15) is 22.8 Å². The molecule has 0 aliphatic rings. The van der Waals surface area contributed by atoms with Crippen LogP contribution in [0.15, 0.2) is 66.7 Å². The van der Waals surface area contributed by atoms with Gasteiger partial charge in [-0.15, -0.1) is 0 Å². The molecular formula is C22H18F3NO3. The fourth-order valence-electron chi connectivity index (χ4n) is 3.06. The van der Waals surface area contributed by atoms with Crippen LogP contribution in [-0.2, 0) is 22.1 Å². The van der Waals surface area contributed by atoms with Crippen LogP contribution in [0.4, 0.5) is 13.2 Å². The lowest BCUT2D eigenvalue weighted by Gasteiger charge is -2.18. The van der Waals surface area contributed by atoms with Crippen LogP contribution in [0.1, 0.15) is 21.5 Å². The van der Waals surface area contributed by atoms with Gasteiger partial charge in [0.15, 0.2) is 0 Å². The topological polar surface area (TPSA) is 55.4 Å². The van der Waals surface area contributed by atoms with Gasteiger partial charge in [0, 0.05) is 12.0 Å². The Morgan fingerprint density at radius 2 is 1.62 bits per heavy atom. The Hall–Kier alpha value is -3.35. The number of halogens is 3. The molecule has 0 saturated heterocycles. The Kier molecular flexibility index (Phi) is 5.87. The predicted octanol–water partition coefficient (Wildman–Crippen LogP) is 4.37. The Balaban J connectivity index is 1.82. The molecule has 29 heavy (non-hydrogen) atoms. The Morgan fingerprint density at radius 3 is 2.28 bits per heavy atom. The van der Waals surface area contributed by atoms with Crippen molar-refractivity contribution in [3.8, 4) is 0 Å². The SMILES string of the molecule is COC(=O)[C@H](Cc1ccc(C(F)(F)F)cc1)NC(=O)c1cccc2ccccc12. The third-order valence-electron chi connectivity index (χ3n) is 4.55. The summed E-state index contributed by atoms with van der Waals surface area (Å²) in [4.78, 5) is 25.0. The number of ether oxygens (including phenoxy) is 1. The average molecular weight is 401 g/mol. The third-order valence-corrected chi connectivity index (χ3v) is 4.55. The summed E-state index contributed by atoms with van der Waals surface area (Å²) in [5.74, 6) is -1.15. The van der Waals surface area contributed by atoms with Gasteiger partial charge in [0.1, 0.15) is 6.04 Å². The van der Waals surface area contributed by atoms with Gasteiger partial charge in [0.2, 0.25) is 0 Å². The summed E-state index contributed by atoms with van der Waals surface area (Å²) >= 11 is 0. The van der Waals surface area contributed by atoms with E-state index in [0.717, 1.165) is 22.9 Å². The van der Waals surface area contributed by atoms with Crippen LogP contribution in [0.2, 0.25) is 0 Å². The van der Waals surface area contributed by atoms with Crippen molar-refractivity contribution < 1.29 is 27.5 Å². The minimum Gasteiger partial charge on any atom is -0.467 e. The molecule has 0 aliphatic heterocycles. The van der Waals surface area contributed by atoms with E-state index in [1.54, 1.807) is 24.3 Å². The molecule has 1 atom stereocenters. The Morgan fingerprint density at radius 1 is 0.966 bits per heavy atom. The number of esters is 1. The van der Waals surface area contributed by atoms with Crippen LogP contribution in [0, 0.1) is 0 Å². The first-order chi connectivity index (χ1) is 13.8. The van der Waals surface area contributed by atoms with E-state index in [4.69, 9.17) is 4.74 Å². The van der Waals surface area contributed by atoms with Crippen LogP contribution in [0.5, 0.6) is 0 Å². The summed E-state index contributed by atoms with van der Waals surface area (Å²) in [6, 6.07) is 16.0. The first kappa shape index (κ1) is 20.4. The summed E-state index contributed by atoms with van der Waals surface area (Å²) < 4.78 is 42.9. The molecule has 1 amide bonds. The number of alkyl halides is 3. The number of hydrogen-bond donors (Lipinski definition) is 1. The van der Waals surface area contributed by atoms with Crippen molar-refractivity contribution in [2.75, 3.05) is 7.11 Å². The second kappa shape index (κ2) is 8.34. The fraction of sp³-hybridized carbons (Fsp3) is 0.182. The molecule has 1 N–H and O–H groups in total. The van der Waals surface area contributed by atoms with Gasteiger partial charge in [-0.25, -0.2) is 4.79 Å². The van der Waals surface area contributed by atoms with Gasteiger partial charge >= 0.3 is 12.1 Å². The summed E-state index contributed by atoms with van der Waals surface area (Å²) in [5.41, 5.74) is 0.0756. The molecule has 3 aromatic rings. The van der Waals surface area contributed by atoms with Gasteiger partial charge in [-0.3, -0.25) is 4.79 Å². The van der Waals surface area contributed by atoms with Crippen molar-refractivity contribution in [1.82, 2.24) is 5.32 Å². The number of fused-ring (bicyclic) bond motifs is 1. The quantitative estimate of drug-likeness (QED) is 0.646. The maximum Gasteiger partial charge on any atom is 0.416 e. The van der Waals surface area contributed by atoms with Gasteiger partial charge in [0.05, 0.1) is 12.7 Å². The standard InChI is InChI=1S/C22H18F3NO3/c1-29-21(28)19(13-14-9-11-16(12-10-14)22(23,24)25)26-20(27)18-8-4-6-15-5-2-3-7-17(15)18/h2-12,19H,13H2,1H3,(H,26,27)/t19-/m0/s1. The molecule has 0 heterocycles. The van der Waals surface area contributed by atoms with Crippen molar-refractivity contribution in [2.24, 2.45) is 0 Å². The van der Waals surface area contributed by atoms with Crippen LogP contribution in [0.25, 0.3) is 10.8 Å². The second-order valence-electron chi connectivity index (χ2n) is 6.47. The molecule has 0 spiro atoms. The van der Waals surface area contributed by atoms with Crippen molar-refractivity contribution in [3.63, 3.8) is 0 Å². The number of nitrogens with one attached hydrogen (secondary N) is 1. The summed E-state index contributed by atoms with van der Waals surface area (Å²) in [6.45, 7) is 0. The summed E-state index contributed by atoms with van der Waals surface area (Å²) in [5, 5.41) is 4.23. The average Bonchev–Trinajstić information content (AvgIpc) is 2.72. The Bertz CT molecular complexity index is 1020. The van der Waals surface area contributed by atoms with Crippen molar-refractivity contribution in [3.05, 3.63) is 83.4 Å². The number of benzene rings is 3. The second-order valence-corrected chi connectivity index (χ2v) is 6.47. The highest BCUT2D eigenvalue weighted by Gasteiger charge is 2.30. The Labute approximate surface area is 165 Å². The van der Waals surface area contributed by atoms with Gasteiger partial charge in [-0.2, -0.15) is 13.2 Å². The molecule has 0 aromatic heterocycles. The lowest BCUT2D eigenvalue weighted by atomic mass is 10.0. The molecule has 3 rings (SSSR count). The van der Waals surface area contributed by atoms with Crippen molar-refractivity contribution >= 4 is 22.6 Å². The largest absolute Gasteiger partial charge is 0.467 e. The molecule has 0 unspecified atom stereocenters. The predicted molar refractivity (Wildman–Crippen MR) is 102 cm³/mol. The minimum absolute atomic E-state index is 0.00131. The van der Waals surface area contributed by atoms with E-state index in [1.807, 2.05) is 18.2 Å². The molecular weight excluding hydrogens is 383 g/mol. The molecule has 150 valence electrons. The molecule has 7 heteroatoms. The maximum absolute atomic E-state index is 12.8.